The van der Waals surface area contributed by atoms with Gasteiger partial charge in [0.05, 0.1) is 0 Å². The number of thiophene rings is 1. The lowest BCUT2D eigenvalue weighted by Crippen LogP contribution is -2.21. The van der Waals surface area contributed by atoms with Gasteiger partial charge >= 0.3 is 0 Å². The number of hydrogen-bond acceptors (Lipinski definition) is 10. The highest BCUT2D eigenvalue weighted by Gasteiger charge is 2.38. The molecule has 9 nitrogen and oxygen atoms in total. The molecule has 0 amide bonds. The first-order chi connectivity index (χ1) is 57.4. The Bertz CT molecular complexity index is 7840. The van der Waals surface area contributed by atoms with E-state index in [9.17, 15) is 0 Å². The molecule has 21 aromatic rings. The molecule has 3 aliphatic rings. The minimum absolute atomic E-state index is 0.0865. The molecule has 2 aliphatic carbocycles. The fraction of sp³-hybridized carbons (Fsp3) is 0.0377. The number of hydrogen-bond donors (Lipinski definition) is 0. The molecule has 1 aliphatic heterocycles. The van der Waals surface area contributed by atoms with Gasteiger partial charge < -0.3 is 13.6 Å². The molecule has 542 valence electrons. The van der Waals surface area contributed by atoms with Crippen molar-refractivity contribution in [1.82, 2.24) is 29.9 Å². The van der Waals surface area contributed by atoms with E-state index in [4.69, 9.17) is 43.5 Å². The Morgan fingerprint density at radius 2 is 0.836 bits per heavy atom. The van der Waals surface area contributed by atoms with Crippen LogP contribution < -0.4 is 4.74 Å². The Hall–Kier alpha value is -14.8. The van der Waals surface area contributed by atoms with E-state index in [0.29, 0.717) is 34.9 Å². The third-order valence-corrected chi connectivity index (χ3v) is 25.0. The smallest absolute Gasteiger partial charge is 0.164 e. The number of furan rings is 2. The van der Waals surface area contributed by atoms with E-state index in [2.05, 4.69) is 322 Å². The van der Waals surface area contributed by atoms with Crippen molar-refractivity contribution in [3.63, 3.8) is 0 Å². The van der Waals surface area contributed by atoms with Gasteiger partial charge in [-0.3, -0.25) is 0 Å². The maximum atomic E-state index is 6.92. The molecule has 0 spiro atoms. The summed E-state index contributed by atoms with van der Waals surface area (Å²) in [6.07, 6.45) is 13.0. The largest absolute Gasteiger partial charge is 0.484 e. The Labute approximate surface area is 669 Å². The predicted molar refractivity (Wildman–Crippen MR) is 476 cm³/mol. The van der Waals surface area contributed by atoms with Crippen molar-refractivity contribution < 1.29 is 13.6 Å². The second-order valence-corrected chi connectivity index (χ2v) is 31.7. The van der Waals surface area contributed by atoms with Crippen molar-refractivity contribution in [2.24, 2.45) is 0 Å². The first-order valence-corrected chi connectivity index (χ1v) is 40.3. The van der Waals surface area contributed by atoms with Gasteiger partial charge in [-0.2, -0.15) is 0 Å². The van der Waals surface area contributed by atoms with Crippen molar-refractivity contribution in [1.29, 1.82) is 0 Å². The fourth-order valence-electron chi connectivity index (χ4n) is 18.0. The summed E-state index contributed by atoms with van der Waals surface area (Å²) in [7, 11) is 0. The monoisotopic (exact) mass is 1500 g/mol. The SMILES string of the molecule is C1=CC2c3ccccc3OC2C(c2ccc(-c3nc(-c4ccc(-c5ccc6cc(-c7ccc8ccc(-c9nc(-c%10ccc(-c%11ccc%12c(c%11)C=CCC%12)cc%10)nc(-c%10cccc%11oc%12cc(-c%13cccc%14sc%15ccccc%15c%13%14)ccc%12c%10%11)n9)cc8c7)ccc6c5)cc4)nc(-c4ccc5ccccc5c4)n3)c3c2oc2ccccc23)=C1. The second kappa shape index (κ2) is 26.4. The van der Waals surface area contributed by atoms with Gasteiger partial charge in [0.25, 0.3) is 0 Å². The van der Waals surface area contributed by atoms with Gasteiger partial charge in [0.1, 0.15) is 34.2 Å². The minimum atomic E-state index is -0.201. The lowest BCUT2D eigenvalue weighted by Gasteiger charge is -2.23. The van der Waals surface area contributed by atoms with E-state index in [1.807, 2.05) is 41.7 Å². The Kier molecular flexibility index (Phi) is 15.0. The normalized spacial score (nSPS) is 14.4. The van der Waals surface area contributed by atoms with Crippen LogP contribution in [0.5, 0.6) is 5.75 Å². The number of fused-ring (bicyclic) bond motifs is 16. The highest BCUT2D eigenvalue weighted by atomic mass is 32.1. The summed E-state index contributed by atoms with van der Waals surface area (Å²) < 4.78 is 23.0. The Balaban J connectivity index is 0.556. The minimum Gasteiger partial charge on any atom is -0.484 e. The van der Waals surface area contributed by atoms with E-state index >= 15 is 0 Å². The van der Waals surface area contributed by atoms with E-state index < -0.39 is 0 Å². The van der Waals surface area contributed by atoms with Crippen LogP contribution in [0.4, 0.5) is 0 Å². The summed E-state index contributed by atoms with van der Waals surface area (Å²) in [5, 5.41) is 13.1. The fourth-order valence-corrected chi connectivity index (χ4v) is 19.1. The number of aryl methyl sites for hydroxylation is 1. The zero-order valence-electron chi connectivity index (χ0n) is 62.4. The van der Waals surface area contributed by atoms with E-state index in [1.165, 1.54) is 48.0 Å². The summed E-state index contributed by atoms with van der Waals surface area (Å²) in [6.45, 7) is 0. The highest BCUT2D eigenvalue weighted by molar-refractivity contribution is 7.26. The molecular weight excluding hydrogens is 1440 g/mol. The molecule has 10 heteroatoms. The molecule has 0 radical (unpaired) electrons. The molecular formula is C106H64N6O3S. The summed E-state index contributed by atoms with van der Waals surface area (Å²) >= 11 is 1.83. The van der Waals surface area contributed by atoms with E-state index in [-0.39, 0.29) is 12.0 Å². The van der Waals surface area contributed by atoms with Crippen molar-refractivity contribution in [2.75, 3.05) is 0 Å². The van der Waals surface area contributed by atoms with Crippen LogP contribution in [0.3, 0.4) is 0 Å². The van der Waals surface area contributed by atoms with E-state index in [0.717, 1.165) is 173 Å². The summed E-state index contributed by atoms with van der Waals surface area (Å²) in [5.74, 6) is 4.42. The number of benzene rings is 16. The molecule has 5 aromatic heterocycles. The van der Waals surface area contributed by atoms with Gasteiger partial charge in [-0.05, 0) is 186 Å². The van der Waals surface area contributed by atoms with Gasteiger partial charge in [0, 0.05) is 97.7 Å². The van der Waals surface area contributed by atoms with Crippen LogP contribution in [0.15, 0.2) is 355 Å². The van der Waals surface area contributed by atoms with Gasteiger partial charge in [-0.25, -0.2) is 29.9 Å². The van der Waals surface area contributed by atoms with Crippen LogP contribution >= 0.6 is 11.3 Å². The van der Waals surface area contributed by atoms with Gasteiger partial charge in [-0.1, -0.05) is 267 Å². The summed E-state index contributed by atoms with van der Waals surface area (Å²) in [5.41, 5.74) is 23.3. The predicted octanol–water partition coefficient (Wildman–Crippen LogP) is 27.8. The van der Waals surface area contributed by atoms with Crippen LogP contribution in [0.25, 0.3) is 221 Å². The summed E-state index contributed by atoms with van der Waals surface area (Å²) in [4.78, 5) is 32.2. The quantitative estimate of drug-likeness (QED) is 0.125. The van der Waals surface area contributed by atoms with Crippen LogP contribution in [0, 0.1) is 0 Å². The first kappa shape index (κ1) is 65.8. The molecule has 0 fully saturated rings. The van der Waals surface area contributed by atoms with Crippen molar-refractivity contribution in [3.8, 4) is 119 Å². The maximum Gasteiger partial charge on any atom is 0.164 e. The van der Waals surface area contributed by atoms with Crippen molar-refractivity contribution in [3.05, 3.63) is 368 Å². The Morgan fingerprint density at radius 3 is 1.60 bits per heavy atom. The number of rotatable bonds is 11. The molecule has 116 heavy (non-hydrogen) atoms. The average Bonchev–Trinajstić information content (AvgIpc) is 1.54. The number of para-hydroxylation sites is 2. The second-order valence-electron chi connectivity index (χ2n) is 30.6. The van der Waals surface area contributed by atoms with Crippen LogP contribution in [0.1, 0.15) is 34.6 Å². The average molecular weight is 1500 g/mol. The molecule has 2 atom stereocenters. The number of allylic oxidation sites excluding steroid dienone is 3. The van der Waals surface area contributed by atoms with Crippen LogP contribution in [0.2, 0.25) is 0 Å². The highest BCUT2D eigenvalue weighted by Crippen LogP contribution is 2.50. The van der Waals surface area contributed by atoms with Gasteiger partial charge in [0.2, 0.25) is 0 Å². The zero-order valence-corrected chi connectivity index (χ0v) is 63.2. The molecule has 0 saturated heterocycles. The molecule has 6 heterocycles. The molecule has 0 saturated carbocycles. The number of ether oxygens (including phenoxy) is 1. The van der Waals surface area contributed by atoms with Gasteiger partial charge in [0.15, 0.2) is 34.9 Å². The lowest BCUT2D eigenvalue weighted by molar-refractivity contribution is 0.278. The zero-order chi connectivity index (χ0) is 76.1. The molecule has 2 unspecified atom stereocenters. The van der Waals surface area contributed by atoms with Crippen LogP contribution in [-0.4, -0.2) is 36.0 Å². The maximum absolute atomic E-state index is 6.92. The first-order valence-electron chi connectivity index (χ1n) is 39.4. The third-order valence-electron chi connectivity index (χ3n) is 23.8. The molecule has 16 aromatic carbocycles. The number of nitrogens with zero attached hydrogens (tertiary/aromatic N) is 6. The molecule has 0 bridgehead atoms. The third kappa shape index (κ3) is 11.0. The van der Waals surface area contributed by atoms with Crippen molar-refractivity contribution >= 4 is 119 Å². The lowest BCUT2D eigenvalue weighted by atomic mass is 9.83. The standard InChI is InChI=1S/C106H64N6O3S/c1-3-16-68-54-70(42-34-61(68)14-1)63-30-38-66(39-31-63)101-108-104(111-105(109-101)88-24-12-27-92-96(88)86-51-50-76(60-93(86)113-92)80-21-13-29-95-97(80)87-20-7-10-28-94(87)116-95)78-49-37-65-35-43-75(58-79(65)59-78)74-47-46-72-55-71(44-45-73(72)56-74)64-32-40-67(41-33-64)102-107-103(77-48-36-62-15-2-4-17-69(62)57-77)112-106(110-102)89-53-52-84(100-98(89)85-19-6-9-26-91(85)115-100)83-23-11-22-82-81-18-5-8-25-90(81)114-99(82)83/h2-13,15-60,82,99H,1,14H2. The van der Waals surface area contributed by atoms with E-state index in [1.54, 1.807) is 0 Å². The van der Waals surface area contributed by atoms with Crippen molar-refractivity contribution in [2.45, 2.75) is 24.9 Å². The Morgan fingerprint density at radius 1 is 0.319 bits per heavy atom. The topological polar surface area (TPSA) is 113 Å². The summed E-state index contributed by atoms with van der Waals surface area (Å²) in [6, 6.07) is 115. The van der Waals surface area contributed by atoms with Gasteiger partial charge in [-0.15, -0.1) is 11.3 Å². The number of aromatic nitrogens is 6. The molecule has 24 rings (SSSR count). The van der Waals surface area contributed by atoms with Crippen LogP contribution in [-0.2, 0) is 6.42 Å². The molecule has 0 N–H and O–H groups in total.